The first-order valence-corrected chi connectivity index (χ1v) is 6.64. The Labute approximate surface area is 119 Å². The first kappa shape index (κ1) is 13.1. The smallest absolute Gasteiger partial charge is 0.201 e. The van der Waals surface area contributed by atoms with Crippen molar-refractivity contribution in [3.8, 4) is 11.3 Å². The van der Waals surface area contributed by atoms with E-state index in [4.69, 9.17) is 18.2 Å². The van der Waals surface area contributed by atoms with Crippen LogP contribution in [-0.4, -0.2) is 9.78 Å². The Bertz CT molecular complexity index is 621. The van der Waals surface area contributed by atoms with Crippen molar-refractivity contribution in [3.63, 3.8) is 0 Å². The Morgan fingerprint density at radius 2 is 2.22 bits per heavy atom. The lowest BCUT2D eigenvalue weighted by Crippen LogP contribution is -1.95. The Morgan fingerprint density at radius 3 is 2.72 bits per heavy atom. The van der Waals surface area contributed by atoms with Gasteiger partial charge in [-0.1, -0.05) is 24.6 Å². The Kier molecular flexibility index (Phi) is 3.74. The SMILES string of the molecule is [C-]#[N+]c1c(-c2c(Br)cnn2C)ccc(Cl)c1CC. The summed E-state index contributed by atoms with van der Waals surface area (Å²) in [5, 5.41) is 4.82. The van der Waals surface area contributed by atoms with Crippen LogP contribution in [0.5, 0.6) is 0 Å². The fraction of sp³-hybridized carbons (Fsp3) is 0.231. The van der Waals surface area contributed by atoms with Gasteiger partial charge in [-0.15, -0.1) is 0 Å². The zero-order chi connectivity index (χ0) is 13.3. The molecule has 2 aromatic rings. The number of hydrogen-bond donors (Lipinski definition) is 0. The molecule has 92 valence electrons. The molecular weight excluding hydrogens is 314 g/mol. The van der Waals surface area contributed by atoms with Crippen LogP contribution in [0.15, 0.2) is 22.8 Å². The Morgan fingerprint density at radius 1 is 1.50 bits per heavy atom. The largest absolute Gasteiger partial charge is 0.268 e. The zero-order valence-electron chi connectivity index (χ0n) is 10.0. The van der Waals surface area contributed by atoms with Crippen LogP contribution in [0.4, 0.5) is 5.69 Å². The minimum atomic E-state index is 0.606. The van der Waals surface area contributed by atoms with Gasteiger partial charge in [0.15, 0.2) is 0 Å². The highest BCUT2D eigenvalue weighted by Gasteiger charge is 2.17. The summed E-state index contributed by atoms with van der Waals surface area (Å²) in [5.41, 5.74) is 3.25. The number of rotatable bonds is 2. The average Bonchev–Trinajstić information content (AvgIpc) is 2.69. The topological polar surface area (TPSA) is 22.2 Å². The molecule has 1 aromatic carbocycles. The fourth-order valence-electron chi connectivity index (χ4n) is 1.98. The molecule has 0 aliphatic rings. The van der Waals surface area contributed by atoms with E-state index in [2.05, 4.69) is 25.9 Å². The molecule has 0 spiro atoms. The van der Waals surface area contributed by atoms with Gasteiger partial charge in [0.1, 0.15) is 0 Å². The van der Waals surface area contributed by atoms with E-state index in [0.717, 1.165) is 27.7 Å². The van der Waals surface area contributed by atoms with Crippen LogP contribution in [0.3, 0.4) is 0 Å². The molecule has 1 heterocycles. The molecule has 0 fully saturated rings. The minimum Gasteiger partial charge on any atom is -0.268 e. The molecule has 0 amide bonds. The third kappa shape index (κ3) is 2.05. The molecule has 0 aliphatic heterocycles. The number of nitrogens with zero attached hydrogens (tertiary/aromatic N) is 3. The van der Waals surface area contributed by atoms with E-state index in [1.54, 1.807) is 10.9 Å². The van der Waals surface area contributed by atoms with Crippen LogP contribution in [0.2, 0.25) is 5.02 Å². The van der Waals surface area contributed by atoms with E-state index in [1.165, 1.54) is 0 Å². The number of aromatic nitrogens is 2. The van der Waals surface area contributed by atoms with E-state index in [0.29, 0.717) is 10.7 Å². The van der Waals surface area contributed by atoms with E-state index in [1.807, 2.05) is 26.1 Å². The Hall–Kier alpha value is -1.31. The second-order valence-electron chi connectivity index (χ2n) is 3.85. The van der Waals surface area contributed by atoms with Gasteiger partial charge in [-0.05, 0) is 34.0 Å². The first-order valence-electron chi connectivity index (χ1n) is 5.46. The van der Waals surface area contributed by atoms with Gasteiger partial charge in [0.05, 0.1) is 22.9 Å². The normalized spacial score (nSPS) is 10.4. The van der Waals surface area contributed by atoms with E-state index < -0.39 is 0 Å². The van der Waals surface area contributed by atoms with Crippen molar-refractivity contribution < 1.29 is 0 Å². The lowest BCUT2D eigenvalue weighted by Gasteiger charge is -2.11. The van der Waals surface area contributed by atoms with Gasteiger partial charge < -0.3 is 0 Å². The van der Waals surface area contributed by atoms with Gasteiger partial charge in [-0.2, -0.15) is 5.10 Å². The van der Waals surface area contributed by atoms with E-state index in [-0.39, 0.29) is 0 Å². The summed E-state index contributed by atoms with van der Waals surface area (Å²) in [6.07, 6.45) is 2.46. The summed E-state index contributed by atoms with van der Waals surface area (Å²) < 4.78 is 2.63. The van der Waals surface area contributed by atoms with E-state index in [9.17, 15) is 0 Å². The van der Waals surface area contributed by atoms with Crippen LogP contribution in [0.1, 0.15) is 12.5 Å². The lowest BCUT2D eigenvalue weighted by molar-refractivity contribution is 0.776. The second-order valence-corrected chi connectivity index (χ2v) is 5.11. The number of halogens is 2. The predicted octanol–water partition coefficient (Wildman–Crippen LogP) is 4.62. The molecule has 0 saturated carbocycles. The van der Waals surface area contributed by atoms with Crippen molar-refractivity contribution in [2.75, 3.05) is 0 Å². The van der Waals surface area contributed by atoms with Gasteiger partial charge in [0.2, 0.25) is 5.69 Å². The van der Waals surface area contributed by atoms with Gasteiger partial charge in [0.25, 0.3) is 0 Å². The van der Waals surface area contributed by atoms with Gasteiger partial charge in [0, 0.05) is 17.6 Å². The monoisotopic (exact) mass is 323 g/mol. The molecule has 0 radical (unpaired) electrons. The van der Waals surface area contributed by atoms with Gasteiger partial charge in [-0.25, -0.2) is 4.85 Å². The maximum atomic E-state index is 7.39. The molecule has 0 atom stereocenters. The summed E-state index contributed by atoms with van der Waals surface area (Å²) in [6.45, 7) is 9.39. The van der Waals surface area contributed by atoms with Gasteiger partial charge in [-0.3, -0.25) is 4.68 Å². The van der Waals surface area contributed by atoms with Crippen molar-refractivity contribution in [1.29, 1.82) is 0 Å². The second kappa shape index (κ2) is 5.13. The Balaban J connectivity index is 2.78. The maximum Gasteiger partial charge on any atom is 0.201 e. The van der Waals surface area contributed by atoms with Crippen molar-refractivity contribution >= 4 is 33.2 Å². The van der Waals surface area contributed by atoms with Crippen LogP contribution in [-0.2, 0) is 13.5 Å². The molecule has 0 aliphatic carbocycles. The molecule has 5 heteroatoms. The average molecular weight is 325 g/mol. The number of benzene rings is 1. The van der Waals surface area contributed by atoms with Crippen molar-refractivity contribution in [1.82, 2.24) is 9.78 Å². The molecule has 1 aromatic heterocycles. The maximum absolute atomic E-state index is 7.39. The number of aryl methyl sites for hydroxylation is 1. The van der Waals surface area contributed by atoms with Crippen molar-refractivity contribution in [3.05, 3.63) is 44.8 Å². The molecule has 0 bridgehead atoms. The third-order valence-corrected chi connectivity index (χ3v) is 3.77. The zero-order valence-corrected chi connectivity index (χ0v) is 12.4. The third-order valence-electron chi connectivity index (χ3n) is 2.84. The summed E-state index contributed by atoms with van der Waals surface area (Å²) in [5.74, 6) is 0. The summed E-state index contributed by atoms with van der Waals surface area (Å²) in [6, 6.07) is 3.71. The van der Waals surface area contributed by atoms with Gasteiger partial charge >= 0.3 is 0 Å². The predicted molar refractivity (Wildman–Crippen MR) is 77.0 cm³/mol. The lowest BCUT2D eigenvalue weighted by atomic mass is 10.0. The summed E-state index contributed by atoms with van der Waals surface area (Å²) in [4.78, 5) is 3.64. The first-order chi connectivity index (χ1) is 8.60. The highest BCUT2D eigenvalue weighted by Crippen LogP contribution is 2.40. The van der Waals surface area contributed by atoms with E-state index >= 15 is 0 Å². The standard InChI is InChI=1S/C13H11BrClN3/c1-4-8-11(15)6-5-9(12(8)16-2)13-10(14)7-17-18(13)3/h5-7H,4H2,1,3H3. The van der Waals surface area contributed by atoms with Crippen molar-refractivity contribution in [2.24, 2.45) is 7.05 Å². The summed E-state index contributed by atoms with van der Waals surface area (Å²) >= 11 is 9.61. The van der Waals surface area contributed by atoms with Crippen LogP contribution >= 0.6 is 27.5 Å². The van der Waals surface area contributed by atoms with Crippen molar-refractivity contribution in [2.45, 2.75) is 13.3 Å². The quantitative estimate of drug-likeness (QED) is 0.739. The molecule has 0 N–H and O–H groups in total. The molecule has 0 saturated heterocycles. The minimum absolute atomic E-state index is 0.606. The summed E-state index contributed by atoms with van der Waals surface area (Å²) in [7, 11) is 1.86. The molecule has 2 rings (SSSR count). The highest BCUT2D eigenvalue weighted by atomic mass is 79.9. The molecule has 3 nitrogen and oxygen atoms in total. The molecule has 18 heavy (non-hydrogen) atoms. The van der Waals surface area contributed by atoms with Crippen LogP contribution in [0.25, 0.3) is 16.1 Å². The van der Waals surface area contributed by atoms with Crippen LogP contribution in [0, 0.1) is 6.57 Å². The highest BCUT2D eigenvalue weighted by molar-refractivity contribution is 9.10. The fourth-order valence-corrected chi connectivity index (χ4v) is 2.83. The van der Waals surface area contributed by atoms with Crippen LogP contribution < -0.4 is 0 Å². The molecule has 0 unspecified atom stereocenters. The number of hydrogen-bond acceptors (Lipinski definition) is 1. The molecular formula is C13H11BrClN3.